The Morgan fingerprint density at radius 3 is 2.45 bits per heavy atom. The predicted octanol–water partition coefficient (Wildman–Crippen LogP) is -0.856. The summed E-state index contributed by atoms with van der Waals surface area (Å²) in [5.41, 5.74) is 0.610. The van der Waals surface area contributed by atoms with Gasteiger partial charge in [-0.15, -0.1) is 0 Å². The van der Waals surface area contributed by atoms with Crippen LogP contribution in [0.15, 0.2) is 29.1 Å². The van der Waals surface area contributed by atoms with E-state index in [9.17, 15) is 14.4 Å². The van der Waals surface area contributed by atoms with Crippen LogP contribution in [0.25, 0.3) is 5.69 Å². The lowest BCUT2D eigenvalue weighted by Gasteiger charge is -2.34. The average molecular weight is 400 g/mol. The fourth-order valence-corrected chi connectivity index (χ4v) is 4.01. The van der Waals surface area contributed by atoms with Gasteiger partial charge < -0.3 is 19.3 Å². The third kappa shape index (κ3) is 3.32. The molecule has 11 heteroatoms. The zero-order chi connectivity index (χ0) is 20.0. The second-order valence-electron chi connectivity index (χ2n) is 7.30. The fraction of sp³-hybridized carbons (Fsp3) is 0.500. The number of aromatic amines is 1. The molecule has 3 aliphatic rings. The van der Waals surface area contributed by atoms with Gasteiger partial charge in [0.2, 0.25) is 5.91 Å². The maximum absolute atomic E-state index is 12.9. The Bertz CT molecular complexity index is 979. The summed E-state index contributed by atoms with van der Waals surface area (Å²) in [6, 6.07) is 6.76. The number of hydrogen-bond donors (Lipinski definition) is 1. The van der Waals surface area contributed by atoms with E-state index in [0.29, 0.717) is 37.6 Å². The summed E-state index contributed by atoms with van der Waals surface area (Å²) < 4.78 is 11.8. The molecule has 2 saturated heterocycles. The van der Waals surface area contributed by atoms with E-state index in [0.717, 1.165) is 11.1 Å². The molecule has 29 heavy (non-hydrogen) atoms. The van der Waals surface area contributed by atoms with E-state index in [1.807, 2.05) is 9.80 Å². The van der Waals surface area contributed by atoms with Crippen molar-refractivity contribution < 1.29 is 19.1 Å². The zero-order valence-electron chi connectivity index (χ0n) is 15.6. The molecule has 1 N–H and O–H groups in total. The smallest absolute Gasteiger partial charge is 0.350 e. The summed E-state index contributed by atoms with van der Waals surface area (Å²) in [6.07, 6.45) is 0.561. The molecule has 11 nitrogen and oxygen atoms in total. The monoisotopic (exact) mass is 400 g/mol. The van der Waals surface area contributed by atoms with Crippen molar-refractivity contribution in [2.24, 2.45) is 0 Å². The van der Waals surface area contributed by atoms with E-state index in [4.69, 9.17) is 9.47 Å². The summed E-state index contributed by atoms with van der Waals surface area (Å²) >= 11 is 0. The van der Waals surface area contributed by atoms with E-state index < -0.39 is 12.0 Å². The number of benzene rings is 1. The van der Waals surface area contributed by atoms with Crippen LogP contribution in [0, 0.1) is 0 Å². The molecular formula is C18H20N6O5. The van der Waals surface area contributed by atoms with Crippen LogP contribution in [0.1, 0.15) is 23.2 Å². The van der Waals surface area contributed by atoms with Crippen LogP contribution in [-0.2, 0) is 14.3 Å². The Kier molecular flexibility index (Phi) is 4.40. The standard InChI is InChI=1S/C18H20N6O5/c25-15(10-16-28-7-8-29-16)22-5-6-23(14-9-13(14)22)17(26)11-1-3-12(4-2-11)24-18(27)19-20-21-24/h1-4,13-14,16H,5-10H2,(H,19,21,27). The highest BCUT2D eigenvalue weighted by Crippen LogP contribution is 2.38. The molecule has 1 saturated carbocycles. The number of carbonyl (C=O) groups excluding carboxylic acids is 2. The lowest BCUT2D eigenvalue weighted by Crippen LogP contribution is -2.51. The summed E-state index contributed by atoms with van der Waals surface area (Å²) in [6.45, 7) is 2.04. The van der Waals surface area contributed by atoms with Crippen molar-refractivity contribution in [3.63, 3.8) is 0 Å². The van der Waals surface area contributed by atoms with Crippen molar-refractivity contribution >= 4 is 11.8 Å². The van der Waals surface area contributed by atoms with Crippen molar-refractivity contribution in [2.75, 3.05) is 26.3 Å². The number of H-pyrrole nitrogens is 1. The Labute approximate surface area is 165 Å². The van der Waals surface area contributed by atoms with Gasteiger partial charge in [0.25, 0.3) is 5.91 Å². The molecule has 5 rings (SSSR count). The van der Waals surface area contributed by atoms with Crippen LogP contribution in [0.2, 0.25) is 0 Å². The minimum absolute atomic E-state index is 0.0129. The molecule has 1 aliphatic carbocycles. The molecule has 0 radical (unpaired) electrons. The van der Waals surface area contributed by atoms with Crippen LogP contribution >= 0.6 is 0 Å². The van der Waals surface area contributed by atoms with Gasteiger partial charge in [-0.2, -0.15) is 4.68 Å². The summed E-state index contributed by atoms with van der Waals surface area (Å²) in [4.78, 5) is 40.7. The molecule has 0 bridgehead atoms. The van der Waals surface area contributed by atoms with Gasteiger partial charge in [0.1, 0.15) is 0 Å². The number of amides is 2. The average Bonchev–Trinajstić information content (AvgIpc) is 3.14. The summed E-state index contributed by atoms with van der Waals surface area (Å²) in [7, 11) is 0. The van der Waals surface area contributed by atoms with Gasteiger partial charge in [-0.1, -0.05) is 0 Å². The van der Waals surface area contributed by atoms with Crippen molar-refractivity contribution in [1.82, 2.24) is 30.0 Å². The highest BCUT2D eigenvalue weighted by atomic mass is 16.7. The normalized spacial score (nSPS) is 23.9. The van der Waals surface area contributed by atoms with Gasteiger partial charge in [-0.05, 0) is 41.1 Å². The van der Waals surface area contributed by atoms with Gasteiger partial charge >= 0.3 is 5.69 Å². The number of aromatic nitrogens is 4. The number of piperazine rings is 1. The molecule has 1 aromatic carbocycles. The second-order valence-corrected chi connectivity index (χ2v) is 7.30. The molecule has 0 spiro atoms. The van der Waals surface area contributed by atoms with Gasteiger partial charge in [0.05, 0.1) is 37.4 Å². The minimum Gasteiger partial charge on any atom is -0.350 e. The molecule has 152 valence electrons. The zero-order valence-corrected chi connectivity index (χ0v) is 15.6. The van der Waals surface area contributed by atoms with E-state index in [1.165, 1.54) is 0 Å². The van der Waals surface area contributed by atoms with Crippen LogP contribution < -0.4 is 5.69 Å². The van der Waals surface area contributed by atoms with Crippen molar-refractivity contribution in [3.05, 3.63) is 40.3 Å². The first-order valence-corrected chi connectivity index (χ1v) is 9.56. The van der Waals surface area contributed by atoms with E-state index in [1.54, 1.807) is 24.3 Å². The van der Waals surface area contributed by atoms with Gasteiger partial charge in [0, 0.05) is 18.7 Å². The second kappa shape index (κ2) is 7.08. The number of nitrogens with one attached hydrogen (secondary N) is 1. The topological polar surface area (TPSA) is 123 Å². The first-order chi connectivity index (χ1) is 14.1. The molecule has 2 atom stereocenters. The summed E-state index contributed by atoms with van der Waals surface area (Å²) in [5, 5.41) is 9.36. The molecule has 1 aromatic heterocycles. The largest absolute Gasteiger partial charge is 0.365 e. The van der Waals surface area contributed by atoms with Crippen LogP contribution in [0.4, 0.5) is 0 Å². The van der Waals surface area contributed by atoms with Crippen molar-refractivity contribution in [1.29, 1.82) is 0 Å². The lowest BCUT2D eigenvalue weighted by molar-refractivity contribution is -0.141. The maximum Gasteiger partial charge on any atom is 0.365 e. The van der Waals surface area contributed by atoms with Gasteiger partial charge in [-0.3, -0.25) is 9.59 Å². The molecule has 3 fully saturated rings. The van der Waals surface area contributed by atoms with Crippen LogP contribution in [-0.4, -0.2) is 86.5 Å². The third-order valence-electron chi connectivity index (χ3n) is 5.55. The number of hydrogen-bond acceptors (Lipinski definition) is 7. The molecule has 3 heterocycles. The predicted molar refractivity (Wildman–Crippen MR) is 97.2 cm³/mol. The molecule has 2 aromatic rings. The first kappa shape index (κ1) is 18.0. The quantitative estimate of drug-likeness (QED) is 0.709. The highest BCUT2D eigenvalue weighted by molar-refractivity contribution is 5.95. The first-order valence-electron chi connectivity index (χ1n) is 9.56. The Hall–Kier alpha value is -3.05. The molecule has 2 amide bonds. The highest BCUT2D eigenvalue weighted by Gasteiger charge is 2.52. The molecular weight excluding hydrogens is 380 g/mol. The number of tetrazole rings is 1. The minimum atomic E-state index is -0.449. The number of fused-ring (bicyclic) bond motifs is 1. The van der Waals surface area contributed by atoms with E-state index in [2.05, 4.69) is 15.5 Å². The Balaban J connectivity index is 1.23. The molecule has 2 aliphatic heterocycles. The van der Waals surface area contributed by atoms with Gasteiger partial charge in [0.15, 0.2) is 6.29 Å². The number of nitrogens with zero attached hydrogens (tertiary/aromatic N) is 5. The summed E-state index contributed by atoms with van der Waals surface area (Å²) in [5.74, 6) is -0.0648. The van der Waals surface area contributed by atoms with E-state index >= 15 is 0 Å². The van der Waals surface area contributed by atoms with Gasteiger partial charge in [-0.25, -0.2) is 9.89 Å². The Morgan fingerprint density at radius 2 is 1.76 bits per heavy atom. The van der Waals surface area contributed by atoms with Crippen molar-refractivity contribution in [3.8, 4) is 5.69 Å². The third-order valence-corrected chi connectivity index (χ3v) is 5.55. The van der Waals surface area contributed by atoms with Crippen molar-refractivity contribution in [2.45, 2.75) is 31.2 Å². The lowest BCUT2D eigenvalue weighted by atomic mass is 10.1. The van der Waals surface area contributed by atoms with E-state index in [-0.39, 0.29) is 30.3 Å². The fourth-order valence-electron chi connectivity index (χ4n) is 4.01. The SMILES string of the molecule is O=C(CC1OCCO1)N1CCN(C(=O)c2ccc(-n3nn[nH]c3=O)cc2)C2CC21. The Morgan fingerprint density at radius 1 is 1.07 bits per heavy atom. The number of carbonyl (C=O) groups is 2. The maximum atomic E-state index is 12.9. The number of rotatable bonds is 4. The number of ether oxygens (including phenoxy) is 2. The van der Waals surface area contributed by atoms with Crippen LogP contribution in [0.5, 0.6) is 0 Å². The molecule has 2 unspecified atom stereocenters. The van der Waals surface area contributed by atoms with Crippen LogP contribution in [0.3, 0.4) is 0 Å².